The largest absolute Gasteiger partial charge is 0.387 e. The van der Waals surface area contributed by atoms with Crippen LogP contribution in [-0.2, 0) is 6.54 Å². The molecule has 1 rings (SSSR count). The molecular formula is C13H19FN2. The summed E-state index contributed by atoms with van der Waals surface area (Å²) in [4.78, 5) is 4.28. The predicted octanol–water partition coefficient (Wildman–Crippen LogP) is 2.96. The van der Waals surface area contributed by atoms with Gasteiger partial charge < -0.3 is 5.73 Å². The molecule has 0 bridgehead atoms. The monoisotopic (exact) mass is 222 g/mol. The van der Waals surface area contributed by atoms with Crippen molar-refractivity contribution in [3.8, 4) is 0 Å². The number of hydrogen-bond donors (Lipinski definition) is 1. The number of aliphatic imine (C=N–C) groups is 1. The van der Waals surface area contributed by atoms with Crippen LogP contribution in [0.25, 0.3) is 0 Å². The Morgan fingerprint density at radius 2 is 1.81 bits per heavy atom. The fraction of sp³-hybridized carbons (Fsp3) is 0.462. The van der Waals surface area contributed by atoms with Crippen LogP contribution in [0.4, 0.5) is 4.39 Å². The summed E-state index contributed by atoms with van der Waals surface area (Å²) in [6.45, 7) is 8.05. The van der Waals surface area contributed by atoms with Crippen LogP contribution in [0.15, 0.2) is 17.1 Å². The van der Waals surface area contributed by atoms with Crippen molar-refractivity contribution in [2.24, 2.45) is 16.6 Å². The molecule has 1 aromatic carbocycles. The van der Waals surface area contributed by atoms with Crippen LogP contribution in [0.5, 0.6) is 0 Å². The molecule has 0 saturated heterocycles. The van der Waals surface area contributed by atoms with E-state index >= 15 is 0 Å². The van der Waals surface area contributed by atoms with E-state index in [2.05, 4.69) is 4.99 Å². The summed E-state index contributed by atoms with van der Waals surface area (Å²) in [5, 5.41) is 0. The molecule has 0 fully saturated rings. The van der Waals surface area contributed by atoms with Crippen LogP contribution in [0.2, 0.25) is 0 Å². The molecule has 0 aliphatic carbocycles. The van der Waals surface area contributed by atoms with E-state index in [1.807, 2.05) is 26.0 Å². The van der Waals surface area contributed by atoms with Gasteiger partial charge in [0, 0.05) is 5.92 Å². The lowest BCUT2D eigenvalue weighted by atomic mass is 10.1. The van der Waals surface area contributed by atoms with Gasteiger partial charge in [-0.25, -0.2) is 4.39 Å². The fourth-order valence-electron chi connectivity index (χ4n) is 1.49. The lowest BCUT2D eigenvalue weighted by Gasteiger charge is -2.07. The molecule has 16 heavy (non-hydrogen) atoms. The van der Waals surface area contributed by atoms with Gasteiger partial charge in [-0.3, -0.25) is 4.99 Å². The van der Waals surface area contributed by atoms with Crippen LogP contribution < -0.4 is 5.73 Å². The van der Waals surface area contributed by atoms with Crippen LogP contribution in [0.1, 0.15) is 30.5 Å². The summed E-state index contributed by atoms with van der Waals surface area (Å²) >= 11 is 0. The highest BCUT2D eigenvalue weighted by atomic mass is 19.1. The van der Waals surface area contributed by atoms with Crippen molar-refractivity contribution in [3.05, 3.63) is 34.6 Å². The molecule has 3 heteroatoms. The average molecular weight is 222 g/mol. The second kappa shape index (κ2) is 5.10. The van der Waals surface area contributed by atoms with Gasteiger partial charge in [0.15, 0.2) is 0 Å². The standard InChI is InChI=1S/C13H19FN2/c1-8(2)13(15)16-7-11-5-9(3)12(14)10(4)6-11/h5-6,8H,7H2,1-4H3,(H2,15,16). The lowest BCUT2D eigenvalue weighted by molar-refractivity contribution is 0.608. The lowest BCUT2D eigenvalue weighted by Crippen LogP contribution is -2.18. The Morgan fingerprint density at radius 3 is 2.25 bits per heavy atom. The number of rotatable bonds is 3. The van der Waals surface area contributed by atoms with E-state index in [4.69, 9.17) is 5.73 Å². The maximum absolute atomic E-state index is 13.4. The highest BCUT2D eigenvalue weighted by Crippen LogP contribution is 2.15. The molecule has 0 heterocycles. The molecule has 0 saturated carbocycles. The third-order valence-corrected chi connectivity index (χ3v) is 2.53. The maximum atomic E-state index is 13.4. The average Bonchev–Trinajstić information content (AvgIpc) is 2.22. The Kier molecular flexibility index (Phi) is 4.05. The molecular weight excluding hydrogens is 203 g/mol. The quantitative estimate of drug-likeness (QED) is 0.619. The zero-order valence-electron chi connectivity index (χ0n) is 10.3. The Hall–Kier alpha value is -1.38. The summed E-state index contributed by atoms with van der Waals surface area (Å²) in [5.41, 5.74) is 8.07. The van der Waals surface area contributed by atoms with Gasteiger partial charge in [-0.2, -0.15) is 0 Å². The maximum Gasteiger partial charge on any atom is 0.129 e. The van der Waals surface area contributed by atoms with Gasteiger partial charge >= 0.3 is 0 Å². The molecule has 0 aliphatic heterocycles. The van der Waals surface area contributed by atoms with Crippen molar-refractivity contribution in [3.63, 3.8) is 0 Å². The summed E-state index contributed by atoms with van der Waals surface area (Å²) in [7, 11) is 0. The number of amidine groups is 1. The van der Waals surface area contributed by atoms with Crippen LogP contribution in [0, 0.1) is 25.6 Å². The SMILES string of the molecule is Cc1cc(CN=C(N)C(C)C)cc(C)c1F. The minimum absolute atomic E-state index is 0.135. The highest BCUT2D eigenvalue weighted by molar-refractivity contribution is 5.82. The minimum Gasteiger partial charge on any atom is -0.387 e. The van der Waals surface area contributed by atoms with E-state index < -0.39 is 0 Å². The number of halogens is 1. The number of nitrogens with zero attached hydrogens (tertiary/aromatic N) is 1. The normalized spacial score (nSPS) is 12.2. The van der Waals surface area contributed by atoms with Crippen molar-refractivity contribution in [2.45, 2.75) is 34.2 Å². The summed E-state index contributed by atoms with van der Waals surface area (Å²) < 4.78 is 13.4. The van der Waals surface area contributed by atoms with E-state index in [-0.39, 0.29) is 11.7 Å². The second-order valence-corrected chi connectivity index (χ2v) is 4.44. The summed E-state index contributed by atoms with van der Waals surface area (Å²) in [6, 6.07) is 3.64. The Bertz CT molecular complexity index is 385. The van der Waals surface area contributed by atoms with Crippen molar-refractivity contribution in [2.75, 3.05) is 0 Å². The fourth-order valence-corrected chi connectivity index (χ4v) is 1.49. The van der Waals surface area contributed by atoms with E-state index in [0.717, 1.165) is 5.56 Å². The highest BCUT2D eigenvalue weighted by Gasteiger charge is 2.04. The Balaban J connectivity index is 2.87. The number of nitrogens with two attached hydrogens (primary N) is 1. The Labute approximate surface area is 96.4 Å². The molecule has 0 aliphatic rings. The third-order valence-electron chi connectivity index (χ3n) is 2.53. The van der Waals surface area contributed by atoms with E-state index in [0.29, 0.717) is 23.5 Å². The molecule has 88 valence electrons. The van der Waals surface area contributed by atoms with Crippen LogP contribution in [0.3, 0.4) is 0 Å². The molecule has 0 spiro atoms. The third kappa shape index (κ3) is 3.05. The van der Waals surface area contributed by atoms with Crippen molar-refractivity contribution in [1.29, 1.82) is 0 Å². The topological polar surface area (TPSA) is 38.4 Å². The second-order valence-electron chi connectivity index (χ2n) is 4.44. The smallest absolute Gasteiger partial charge is 0.129 e. The van der Waals surface area contributed by atoms with Crippen LogP contribution >= 0.6 is 0 Å². The number of benzene rings is 1. The predicted molar refractivity (Wildman–Crippen MR) is 66.0 cm³/mol. The summed E-state index contributed by atoms with van der Waals surface area (Å²) in [5.74, 6) is 0.756. The summed E-state index contributed by atoms with van der Waals surface area (Å²) in [6.07, 6.45) is 0. The van der Waals surface area contributed by atoms with Crippen LogP contribution in [-0.4, -0.2) is 5.84 Å². The van der Waals surface area contributed by atoms with Gasteiger partial charge in [0.05, 0.1) is 12.4 Å². The van der Waals surface area contributed by atoms with Gasteiger partial charge in [-0.05, 0) is 30.5 Å². The zero-order chi connectivity index (χ0) is 12.3. The van der Waals surface area contributed by atoms with Crippen molar-refractivity contribution >= 4 is 5.84 Å². The molecule has 0 radical (unpaired) electrons. The van der Waals surface area contributed by atoms with Crippen molar-refractivity contribution in [1.82, 2.24) is 0 Å². The zero-order valence-corrected chi connectivity index (χ0v) is 10.3. The first-order valence-electron chi connectivity index (χ1n) is 5.47. The molecule has 0 amide bonds. The first-order valence-corrected chi connectivity index (χ1v) is 5.47. The molecule has 1 aromatic rings. The first-order chi connectivity index (χ1) is 7.41. The van der Waals surface area contributed by atoms with Gasteiger partial charge in [0.1, 0.15) is 5.82 Å². The molecule has 2 nitrogen and oxygen atoms in total. The van der Waals surface area contributed by atoms with Gasteiger partial charge in [-0.15, -0.1) is 0 Å². The number of aryl methyl sites for hydroxylation is 2. The molecule has 0 aromatic heterocycles. The van der Waals surface area contributed by atoms with E-state index in [1.54, 1.807) is 13.8 Å². The van der Waals surface area contributed by atoms with Gasteiger partial charge in [0.2, 0.25) is 0 Å². The van der Waals surface area contributed by atoms with Gasteiger partial charge in [-0.1, -0.05) is 26.0 Å². The number of hydrogen-bond acceptors (Lipinski definition) is 1. The van der Waals surface area contributed by atoms with E-state index in [9.17, 15) is 4.39 Å². The molecule has 0 unspecified atom stereocenters. The molecule has 2 N–H and O–H groups in total. The Morgan fingerprint density at radius 1 is 1.31 bits per heavy atom. The molecule has 0 atom stereocenters. The minimum atomic E-state index is -0.135. The van der Waals surface area contributed by atoms with Crippen molar-refractivity contribution < 1.29 is 4.39 Å². The van der Waals surface area contributed by atoms with Gasteiger partial charge in [0.25, 0.3) is 0 Å². The first kappa shape index (κ1) is 12.7. The van der Waals surface area contributed by atoms with E-state index in [1.165, 1.54) is 0 Å².